The van der Waals surface area contributed by atoms with E-state index in [9.17, 15) is 27.6 Å². The number of likely N-dealkylation sites (N-methyl/N-ethyl adjacent to an activating group) is 1. The van der Waals surface area contributed by atoms with Crippen LogP contribution in [0.1, 0.15) is 45.5 Å². The summed E-state index contributed by atoms with van der Waals surface area (Å²) < 4.78 is 50.3. The number of ether oxygens (including phenoxy) is 2. The normalized spacial score (nSPS) is 21.9. The Labute approximate surface area is 205 Å². The average Bonchev–Trinajstić information content (AvgIpc) is 2.86. The number of alkyl halides is 3. The summed E-state index contributed by atoms with van der Waals surface area (Å²) >= 11 is 0. The van der Waals surface area contributed by atoms with Crippen molar-refractivity contribution >= 4 is 23.4 Å². The maximum atomic E-state index is 13.3. The molecule has 2 aromatic rings. The second-order valence-electron chi connectivity index (χ2n) is 8.79. The smallest absolute Gasteiger partial charge is 0.416 e. The van der Waals surface area contributed by atoms with E-state index < -0.39 is 23.8 Å². The summed E-state index contributed by atoms with van der Waals surface area (Å²) in [7, 11) is 3.24. The van der Waals surface area contributed by atoms with Gasteiger partial charge in [-0.05, 0) is 55.3 Å². The number of fused-ring (bicyclic) bond motifs is 2. The standard InChI is InChI=1S/C25H26F3N3O5/c1-29-22(32)12-17-8-9-19-21(36-17)13-35-20-10-7-16(11-18(20)24(34)31(19)2)30-23(33)14-3-5-15(6-4-14)25(26,27)28/h3-7,10-11,17,19,21H,8-9,12-13H2,1-2H3,(H,29,32)(H,30,33)/t17-,19-,21-/m0/s1. The SMILES string of the molecule is CNC(=O)C[C@@H]1CC[C@H]2[C@H](COc3ccc(NC(=O)c4ccc(C(F)(F)F)cc4)cc3C(=O)N2C)O1. The number of carbonyl (C=O) groups excluding carboxylic acids is 3. The van der Waals surface area contributed by atoms with Gasteiger partial charge in [0.25, 0.3) is 11.8 Å². The fraction of sp³-hybridized carbons (Fsp3) is 0.400. The molecule has 2 aliphatic rings. The molecule has 1 fully saturated rings. The summed E-state index contributed by atoms with van der Waals surface area (Å²) in [5.41, 5.74) is -0.265. The molecule has 2 aromatic carbocycles. The first-order chi connectivity index (χ1) is 17.1. The van der Waals surface area contributed by atoms with Crippen LogP contribution in [0, 0.1) is 0 Å². The summed E-state index contributed by atoms with van der Waals surface area (Å²) in [5, 5.41) is 5.20. The highest BCUT2D eigenvalue weighted by atomic mass is 19.4. The molecule has 0 bridgehead atoms. The number of benzene rings is 2. The first-order valence-corrected chi connectivity index (χ1v) is 11.5. The van der Waals surface area contributed by atoms with Crippen LogP contribution in [0.4, 0.5) is 18.9 Å². The lowest BCUT2D eigenvalue weighted by Gasteiger charge is -2.42. The molecule has 0 unspecified atom stereocenters. The molecule has 2 aliphatic heterocycles. The van der Waals surface area contributed by atoms with Crippen molar-refractivity contribution in [2.75, 3.05) is 26.0 Å². The Kier molecular flexibility index (Phi) is 7.21. The van der Waals surface area contributed by atoms with Gasteiger partial charge in [-0.15, -0.1) is 0 Å². The molecule has 0 saturated carbocycles. The summed E-state index contributed by atoms with van der Waals surface area (Å²) in [6.45, 7) is 0.177. The topological polar surface area (TPSA) is 97.0 Å². The predicted octanol–water partition coefficient (Wildman–Crippen LogP) is 3.47. The van der Waals surface area contributed by atoms with Gasteiger partial charge in [0, 0.05) is 25.3 Å². The lowest BCUT2D eigenvalue weighted by molar-refractivity contribution is -0.137. The van der Waals surface area contributed by atoms with Crippen LogP contribution in [-0.4, -0.2) is 61.6 Å². The number of nitrogens with zero attached hydrogens (tertiary/aromatic N) is 1. The van der Waals surface area contributed by atoms with E-state index in [-0.39, 0.29) is 48.1 Å². The number of anilines is 1. The molecule has 2 heterocycles. The number of nitrogens with one attached hydrogen (secondary N) is 2. The van der Waals surface area contributed by atoms with Crippen LogP contribution in [0.15, 0.2) is 42.5 Å². The van der Waals surface area contributed by atoms with E-state index in [0.29, 0.717) is 24.3 Å². The lowest BCUT2D eigenvalue weighted by Crippen LogP contribution is -2.53. The molecule has 4 rings (SSSR count). The van der Waals surface area contributed by atoms with Crippen LogP contribution in [0.2, 0.25) is 0 Å². The van der Waals surface area contributed by atoms with E-state index in [2.05, 4.69) is 10.6 Å². The van der Waals surface area contributed by atoms with Crippen molar-refractivity contribution in [2.24, 2.45) is 0 Å². The van der Waals surface area contributed by atoms with Crippen molar-refractivity contribution in [3.63, 3.8) is 0 Å². The van der Waals surface area contributed by atoms with Crippen LogP contribution < -0.4 is 15.4 Å². The Morgan fingerprint density at radius 1 is 1.11 bits per heavy atom. The van der Waals surface area contributed by atoms with Gasteiger partial charge in [0.1, 0.15) is 18.5 Å². The summed E-state index contributed by atoms with van der Waals surface area (Å²) in [5.74, 6) is -0.737. The molecule has 2 N–H and O–H groups in total. The first kappa shape index (κ1) is 25.5. The lowest BCUT2D eigenvalue weighted by atomic mass is 9.94. The summed E-state index contributed by atoms with van der Waals surface area (Å²) in [6, 6.07) is 8.18. The molecule has 0 aliphatic carbocycles. The van der Waals surface area contributed by atoms with Crippen LogP contribution >= 0.6 is 0 Å². The zero-order valence-corrected chi connectivity index (χ0v) is 19.7. The molecule has 3 atom stereocenters. The largest absolute Gasteiger partial charge is 0.490 e. The number of rotatable bonds is 4. The van der Waals surface area contributed by atoms with Crippen molar-refractivity contribution in [1.82, 2.24) is 10.2 Å². The molecular formula is C25H26F3N3O5. The van der Waals surface area contributed by atoms with E-state index in [4.69, 9.17) is 9.47 Å². The van der Waals surface area contributed by atoms with Gasteiger partial charge in [-0.2, -0.15) is 13.2 Å². The van der Waals surface area contributed by atoms with E-state index in [1.165, 1.54) is 6.07 Å². The van der Waals surface area contributed by atoms with Gasteiger partial charge in [0.05, 0.1) is 29.7 Å². The number of carbonyl (C=O) groups is 3. The Morgan fingerprint density at radius 2 is 1.83 bits per heavy atom. The Bertz CT molecular complexity index is 1150. The van der Waals surface area contributed by atoms with Crippen LogP contribution in [0.3, 0.4) is 0 Å². The number of amides is 3. The van der Waals surface area contributed by atoms with Crippen LogP contribution in [0.5, 0.6) is 5.75 Å². The molecule has 192 valence electrons. The molecular weight excluding hydrogens is 479 g/mol. The maximum absolute atomic E-state index is 13.3. The fourth-order valence-corrected chi connectivity index (χ4v) is 4.43. The minimum Gasteiger partial charge on any atom is -0.490 e. The third-order valence-corrected chi connectivity index (χ3v) is 6.44. The van der Waals surface area contributed by atoms with Gasteiger partial charge in [-0.1, -0.05) is 0 Å². The van der Waals surface area contributed by atoms with Gasteiger partial charge >= 0.3 is 6.18 Å². The Hall–Kier alpha value is -3.60. The van der Waals surface area contributed by atoms with Gasteiger partial charge in [-0.3, -0.25) is 14.4 Å². The van der Waals surface area contributed by atoms with E-state index in [0.717, 1.165) is 24.3 Å². The van der Waals surface area contributed by atoms with Crippen molar-refractivity contribution < 1.29 is 37.0 Å². The second kappa shape index (κ2) is 10.2. The number of halogens is 3. The molecule has 3 amide bonds. The highest BCUT2D eigenvalue weighted by molar-refractivity contribution is 6.05. The summed E-state index contributed by atoms with van der Waals surface area (Å²) in [4.78, 5) is 39.2. The Balaban J connectivity index is 1.49. The highest BCUT2D eigenvalue weighted by Gasteiger charge is 2.39. The van der Waals surface area contributed by atoms with Gasteiger partial charge in [-0.25, -0.2) is 0 Å². The molecule has 0 aromatic heterocycles. The van der Waals surface area contributed by atoms with Crippen LogP contribution in [0.25, 0.3) is 0 Å². The van der Waals surface area contributed by atoms with Gasteiger partial charge in [0.2, 0.25) is 5.91 Å². The van der Waals surface area contributed by atoms with Crippen LogP contribution in [-0.2, 0) is 15.7 Å². The van der Waals surface area contributed by atoms with Crippen molar-refractivity contribution in [3.05, 3.63) is 59.2 Å². The Morgan fingerprint density at radius 3 is 2.50 bits per heavy atom. The fourth-order valence-electron chi connectivity index (χ4n) is 4.43. The van der Waals surface area contributed by atoms with Gasteiger partial charge < -0.3 is 25.0 Å². The third kappa shape index (κ3) is 5.46. The zero-order chi connectivity index (χ0) is 26.0. The highest BCUT2D eigenvalue weighted by Crippen LogP contribution is 2.33. The maximum Gasteiger partial charge on any atom is 0.416 e. The third-order valence-electron chi connectivity index (χ3n) is 6.44. The predicted molar refractivity (Wildman–Crippen MR) is 124 cm³/mol. The van der Waals surface area contributed by atoms with Crippen molar-refractivity contribution in [1.29, 1.82) is 0 Å². The van der Waals surface area contributed by atoms with E-state index in [1.807, 2.05) is 0 Å². The average molecular weight is 505 g/mol. The number of hydrogen-bond donors (Lipinski definition) is 2. The minimum absolute atomic E-state index is 0.0444. The van der Waals surface area contributed by atoms with Gasteiger partial charge in [0.15, 0.2) is 0 Å². The van der Waals surface area contributed by atoms with E-state index >= 15 is 0 Å². The van der Waals surface area contributed by atoms with E-state index in [1.54, 1.807) is 31.1 Å². The molecule has 36 heavy (non-hydrogen) atoms. The van der Waals surface area contributed by atoms with Crippen molar-refractivity contribution in [2.45, 2.75) is 43.7 Å². The molecule has 0 spiro atoms. The molecule has 11 heteroatoms. The molecule has 8 nitrogen and oxygen atoms in total. The second-order valence-corrected chi connectivity index (χ2v) is 8.79. The number of hydrogen-bond acceptors (Lipinski definition) is 5. The molecule has 0 radical (unpaired) electrons. The first-order valence-electron chi connectivity index (χ1n) is 11.5. The monoisotopic (exact) mass is 505 g/mol. The molecule has 1 saturated heterocycles. The zero-order valence-electron chi connectivity index (χ0n) is 19.7. The summed E-state index contributed by atoms with van der Waals surface area (Å²) in [6.07, 6.45) is -3.69. The minimum atomic E-state index is -4.50. The van der Waals surface area contributed by atoms with Crippen molar-refractivity contribution in [3.8, 4) is 5.75 Å². The quantitative estimate of drug-likeness (QED) is 0.664.